The lowest BCUT2D eigenvalue weighted by molar-refractivity contribution is 0.217. The first-order valence-corrected chi connectivity index (χ1v) is 19.5. The minimum absolute atomic E-state index is 0.0383. The van der Waals surface area contributed by atoms with Gasteiger partial charge in [-0.05, 0) is 84.9 Å². The standard InChI is InChI=1S/C29H28O16S4/c30-46(31,32)23-7-2-20(3-8-23)42-14-1-15-45-28-12-11-25(48(36,37)38)19-26(28)27-18-22(6-13-29(27)49(39,40)41)44-17-16-43-21-4-9-24(10-5-21)47(33,34)35/h2-13,18-19H,1,14-17H2,(H,30,31,32)(H,33,34,35)(H,36,37,38)(H,39,40,41). The summed E-state index contributed by atoms with van der Waals surface area (Å²) in [6.07, 6.45) is 0.229. The molecule has 0 saturated heterocycles. The van der Waals surface area contributed by atoms with E-state index < -0.39 is 50.3 Å². The molecule has 4 aromatic carbocycles. The van der Waals surface area contributed by atoms with Crippen molar-refractivity contribution in [3.8, 4) is 34.1 Å². The zero-order valence-electron chi connectivity index (χ0n) is 24.9. The van der Waals surface area contributed by atoms with Crippen LogP contribution < -0.4 is 18.9 Å². The van der Waals surface area contributed by atoms with E-state index in [-0.39, 0.29) is 71.0 Å². The van der Waals surface area contributed by atoms with Crippen LogP contribution >= 0.6 is 0 Å². The monoisotopic (exact) mass is 760 g/mol. The summed E-state index contributed by atoms with van der Waals surface area (Å²) in [6, 6.07) is 16.4. The summed E-state index contributed by atoms with van der Waals surface area (Å²) >= 11 is 0. The first kappa shape index (κ1) is 37.5. The Labute approximate surface area is 281 Å². The summed E-state index contributed by atoms with van der Waals surface area (Å²) in [5.74, 6) is 0.566. The van der Waals surface area contributed by atoms with Crippen LogP contribution in [0.15, 0.2) is 105 Å². The van der Waals surface area contributed by atoms with Crippen molar-refractivity contribution in [2.45, 2.75) is 26.0 Å². The normalized spacial score (nSPS) is 12.3. The van der Waals surface area contributed by atoms with Gasteiger partial charge in [0.15, 0.2) is 0 Å². The van der Waals surface area contributed by atoms with Crippen molar-refractivity contribution in [3.05, 3.63) is 84.9 Å². The molecule has 0 saturated carbocycles. The molecular weight excluding hydrogens is 733 g/mol. The largest absolute Gasteiger partial charge is 0.493 e. The Kier molecular flexibility index (Phi) is 11.6. The molecule has 20 heteroatoms. The van der Waals surface area contributed by atoms with E-state index >= 15 is 0 Å². The SMILES string of the molecule is O=S(=O)(O)c1ccc(OCCCOc2ccc(S(=O)(=O)O)cc2-c2cc(OCCOc3ccc(S(=O)(=O)O)cc3)ccc2S(=O)(=O)O)cc1. The van der Waals surface area contributed by atoms with Gasteiger partial charge in [-0.1, -0.05) is 0 Å². The van der Waals surface area contributed by atoms with Crippen molar-refractivity contribution in [2.75, 3.05) is 26.4 Å². The zero-order valence-corrected chi connectivity index (χ0v) is 28.2. The Hall–Kier alpha value is -4.28. The summed E-state index contributed by atoms with van der Waals surface area (Å²) in [6.45, 7) is -0.172. The van der Waals surface area contributed by atoms with E-state index in [0.717, 1.165) is 42.5 Å². The second-order valence-corrected chi connectivity index (χ2v) is 15.6. The smallest absolute Gasteiger partial charge is 0.295 e. The molecule has 0 atom stereocenters. The maximum absolute atomic E-state index is 12.3. The van der Waals surface area contributed by atoms with E-state index in [1.54, 1.807) is 0 Å². The molecule has 0 bridgehead atoms. The van der Waals surface area contributed by atoms with Crippen molar-refractivity contribution >= 4 is 40.5 Å². The summed E-state index contributed by atoms with van der Waals surface area (Å²) < 4.78 is 153. The summed E-state index contributed by atoms with van der Waals surface area (Å²) in [7, 11) is -18.4. The van der Waals surface area contributed by atoms with Crippen molar-refractivity contribution in [1.29, 1.82) is 0 Å². The fraction of sp³-hybridized carbons (Fsp3) is 0.172. The fourth-order valence-electron chi connectivity index (χ4n) is 4.21. The minimum Gasteiger partial charge on any atom is -0.493 e. The molecule has 16 nitrogen and oxygen atoms in total. The molecule has 0 aliphatic heterocycles. The number of hydrogen-bond acceptors (Lipinski definition) is 12. The number of benzene rings is 4. The highest BCUT2D eigenvalue weighted by Gasteiger charge is 2.23. The number of hydrogen-bond donors (Lipinski definition) is 4. The topological polar surface area (TPSA) is 254 Å². The Morgan fingerprint density at radius 1 is 0.408 bits per heavy atom. The van der Waals surface area contributed by atoms with Crippen molar-refractivity contribution < 1.29 is 70.8 Å². The van der Waals surface area contributed by atoms with E-state index in [1.807, 2.05) is 0 Å². The quantitative estimate of drug-likeness (QED) is 0.0939. The highest BCUT2D eigenvalue weighted by molar-refractivity contribution is 7.86. The van der Waals surface area contributed by atoms with Gasteiger partial charge in [0.05, 0.1) is 27.9 Å². The van der Waals surface area contributed by atoms with Crippen LogP contribution in [0.3, 0.4) is 0 Å². The molecule has 4 N–H and O–H groups in total. The minimum atomic E-state index is -4.89. The molecule has 264 valence electrons. The highest BCUT2D eigenvalue weighted by atomic mass is 32.2. The second kappa shape index (κ2) is 15.1. The van der Waals surface area contributed by atoms with E-state index in [1.165, 1.54) is 42.5 Å². The molecule has 4 aromatic rings. The summed E-state index contributed by atoms with van der Waals surface area (Å²) in [4.78, 5) is -1.89. The van der Waals surface area contributed by atoms with Crippen molar-refractivity contribution in [1.82, 2.24) is 0 Å². The Balaban J connectivity index is 1.51. The van der Waals surface area contributed by atoms with E-state index in [2.05, 4.69) is 0 Å². The molecule has 0 heterocycles. The molecule has 0 radical (unpaired) electrons. The van der Waals surface area contributed by atoms with Gasteiger partial charge in [0.2, 0.25) is 0 Å². The maximum Gasteiger partial charge on any atom is 0.295 e. The third kappa shape index (κ3) is 10.6. The van der Waals surface area contributed by atoms with Crippen molar-refractivity contribution in [3.63, 3.8) is 0 Å². The van der Waals surface area contributed by atoms with Gasteiger partial charge in [0, 0.05) is 17.5 Å². The van der Waals surface area contributed by atoms with E-state index in [9.17, 15) is 42.8 Å². The second-order valence-electron chi connectivity index (χ2n) is 9.91. The van der Waals surface area contributed by atoms with Crippen molar-refractivity contribution in [2.24, 2.45) is 0 Å². The van der Waals surface area contributed by atoms with Crippen LogP contribution in [0.2, 0.25) is 0 Å². The lowest BCUT2D eigenvalue weighted by atomic mass is 10.0. The molecule has 0 aliphatic carbocycles. The van der Waals surface area contributed by atoms with Crippen LogP contribution in [-0.2, 0) is 40.5 Å². The van der Waals surface area contributed by atoms with E-state index in [0.29, 0.717) is 5.75 Å². The van der Waals surface area contributed by atoms with Gasteiger partial charge in [-0.15, -0.1) is 0 Å². The number of ether oxygens (including phenoxy) is 4. The first-order valence-electron chi connectivity index (χ1n) is 13.7. The molecule has 0 fully saturated rings. The fourth-order valence-corrected chi connectivity index (χ4v) is 6.36. The third-order valence-corrected chi connectivity index (χ3v) is 9.94. The van der Waals surface area contributed by atoms with Crippen LogP contribution in [0.5, 0.6) is 23.0 Å². The van der Waals surface area contributed by atoms with E-state index in [4.69, 9.17) is 28.1 Å². The molecule has 49 heavy (non-hydrogen) atoms. The van der Waals surface area contributed by atoms with Crippen LogP contribution in [0, 0.1) is 0 Å². The van der Waals surface area contributed by atoms with Gasteiger partial charge in [-0.25, -0.2) is 0 Å². The zero-order chi connectivity index (χ0) is 36.0. The lowest BCUT2D eigenvalue weighted by Crippen LogP contribution is -2.10. The number of rotatable bonds is 16. The van der Waals surface area contributed by atoms with Gasteiger partial charge in [-0.2, -0.15) is 33.7 Å². The predicted octanol–water partition coefficient (Wildman–Crippen LogP) is 3.65. The van der Waals surface area contributed by atoms with Crippen LogP contribution in [0.1, 0.15) is 6.42 Å². The predicted molar refractivity (Wildman–Crippen MR) is 171 cm³/mol. The maximum atomic E-state index is 12.3. The highest BCUT2D eigenvalue weighted by Crippen LogP contribution is 2.38. The molecule has 0 aliphatic rings. The van der Waals surface area contributed by atoms with Crippen LogP contribution in [-0.4, -0.2) is 78.3 Å². The average molecular weight is 761 g/mol. The van der Waals surface area contributed by atoms with Crippen LogP contribution in [0.25, 0.3) is 11.1 Å². The Morgan fingerprint density at radius 2 is 0.837 bits per heavy atom. The van der Waals surface area contributed by atoms with Gasteiger partial charge in [-0.3, -0.25) is 18.2 Å². The molecule has 0 spiro atoms. The van der Waals surface area contributed by atoms with Gasteiger partial charge in [0.1, 0.15) is 41.1 Å². The molecule has 4 rings (SSSR count). The molecule has 0 amide bonds. The summed E-state index contributed by atoms with van der Waals surface area (Å²) in [5.41, 5.74) is -0.387. The molecular formula is C29H28O16S4. The Morgan fingerprint density at radius 3 is 1.33 bits per heavy atom. The van der Waals surface area contributed by atoms with Gasteiger partial charge < -0.3 is 18.9 Å². The lowest BCUT2D eigenvalue weighted by Gasteiger charge is -2.16. The van der Waals surface area contributed by atoms with Gasteiger partial charge in [0.25, 0.3) is 40.5 Å². The molecule has 0 aromatic heterocycles. The first-order chi connectivity index (χ1) is 22.8. The molecule has 0 unspecified atom stereocenters. The van der Waals surface area contributed by atoms with Gasteiger partial charge >= 0.3 is 0 Å². The Bertz CT molecular complexity index is 2230. The summed E-state index contributed by atoms with van der Waals surface area (Å²) in [5, 5.41) is 0. The average Bonchev–Trinajstić information content (AvgIpc) is 3.01. The van der Waals surface area contributed by atoms with Crippen LogP contribution in [0.4, 0.5) is 0 Å². The third-order valence-electron chi connectivity index (χ3n) is 6.45.